The topological polar surface area (TPSA) is 128 Å². The predicted molar refractivity (Wildman–Crippen MR) is 93.0 cm³/mol. The van der Waals surface area contributed by atoms with E-state index in [1.54, 1.807) is 31.2 Å². The summed E-state index contributed by atoms with van der Waals surface area (Å²) < 4.78 is 5.24. The highest BCUT2D eigenvalue weighted by Crippen LogP contribution is 2.24. The van der Waals surface area contributed by atoms with Crippen molar-refractivity contribution in [2.24, 2.45) is 16.7 Å². The van der Waals surface area contributed by atoms with Gasteiger partial charge in [0.1, 0.15) is 0 Å². The minimum Gasteiger partial charge on any atom is -0.450 e. The van der Waals surface area contributed by atoms with Crippen LogP contribution in [0.25, 0.3) is 0 Å². The summed E-state index contributed by atoms with van der Waals surface area (Å²) in [5, 5.41) is 3.44. The summed E-state index contributed by atoms with van der Waals surface area (Å²) >= 11 is 0. The first-order valence-electron chi connectivity index (χ1n) is 7.99. The maximum atomic E-state index is 12.5. The van der Waals surface area contributed by atoms with Crippen LogP contribution in [0.3, 0.4) is 0 Å². The molecule has 1 aliphatic rings. The van der Waals surface area contributed by atoms with E-state index >= 15 is 0 Å². The van der Waals surface area contributed by atoms with Gasteiger partial charge in [0, 0.05) is 18.7 Å². The molecule has 0 aromatic heterocycles. The van der Waals surface area contributed by atoms with Gasteiger partial charge in [-0.15, -0.1) is 0 Å². The lowest BCUT2D eigenvalue weighted by Crippen LogP contribution is -2.55. The van der Waals surface area contributed by atoms with Gasteiger partial charge in [0.2, 0.25) is 0 Å². The van der Waals surface area contributed by atoms with Crippen molar-refractivity contribution >= 4 is 29.6 Å². The average Bonchev–Trinajstić information content (AvgIpc) is 2.95. The average molecular weight is 346 g/mol. The number of anilines is 1. The third kappa shape index (κ3) is 3.69. The van der Waals surface area contributed by atoms with Gasteiger partial charge in [0.05, 0.1) is 6.21 Å². The molecule has 134 valence electrons. The van der Waals surface area contributed by atoms with Crippen molar-refractivity contribution in [2.75, 3.05) is 11.4 Å². The highest BCUT2D eigenvalue weighted by Gasteiger charge is 2.43. The number of carbonyl (C=O) groups is 3. The number of benzene rings is 1. The van der Waals surface area contributed by atoms with E-state index in [-0.39, 0.29) is 12.3 Å². The SMILES string of the molecule is CCC(N)(C(C)=O)C(=O)OC1CCN(c2ccc(C=NN)cc2)C1=O. The van der Waals surface area contributed by atoms with Crippen LogP contribution < -0.4 is 16.5 Å². The fraction of sp³-hybridized carbons (Fsp3) is 0.412. The van der Waals surface area contributed by atoms with Gasteiger partial charge in [0.25, 0.3) is 5.91 Å². The van der Waals surface area contributed by atoms with Crippen molar-refractivity contribution in [3.63, 3.8) is 0 Å². The Balaban J connectivity index is 2.09. The minimum absolute atomic E-state index is 0.107. The van der Waals surface area contributed by atoms with Gasteiger partial charge in [-0.25, -0.2) is 4.79 Å². The van der Waals surface area contributed by atoms with Crippen molar-refractivity contribution in [1.29, 1.82) is 0 Å². The Labute approximate surface area is 145 Å². The van der Waals surface area contributed by atoms with E-state index in [0.29, 0.717) is 18.7 Å². The molecule has 4 N–H and O–H groups in total. The second kappa shape index (κ2) is 7.43. The molecular weight excluding hydrogens is 324 g/mol. The van der Waals surface area contributed by atoms with Crippen molar-refractivity contribution in [3.05, 3.63) is 29.8 Å². The Morgan fingerprint density at radius 3 is 2.56 bits per heavy atom. The minimum atomic E-state index is -1.71. The van der Waals surface area contributed by atoms with Crippen LogP contribution >= 0.6 is 0 Å². The Morgan fingerprint density at radius 2 is 2.04 bits per heavy atom. The third-order valence-electron chi connectivity index (χ3n) is 4.38. The van der Waals surface area contributed by atoms with Crippen molar-refractivity contribution in [2.45, 2.75) is 38.3 Å². The van der Waals surface area contributed by atoms with E-state index in [0.717, 1.165) is 5.56 Å². The van der Waals surface area contributed by atoms with E-state index in [4.69, 9.17) is 16.3 Å². The van der Waals surface area contributed by atoms with Gasteiger partial charge in [-0.3, -0.25) is 9.59 Å². The zero-order valence-corrected chi connectivity index (χ0v) is 14.3. The van der Waals surface area contributed by atoms with Crippen molar-refractivity contribution in [3.8, 4) is 0 Å². The van der Waals surface area contributed by atoms with E-state index in [1.807, 2.05) is 0 Å². The van der Waals surface area contributed by atoms with Crippen LogP contribution in [0.2, 0.25) is 0 Å². The number of hydrazone groups is 1. The Bertz CT molecular complexity index is 701. The molecule has 2 atom stereocenters. The smallest absolute Gasteiger partial charge is 0.334 e. The van der Waals surface area contributed by atoms with E-state index in [1.165, 1.54) is 18.0 Å². The molecule has 1 aliphatic heterocycles. The van der Waals surface area contributed by atoms with Crippen LogP contribution in [0.1, 0.15) is 32.3 Å². The lowest BCUT2D eigenvalue weighted by Gasteiger charge is -2.24. The monoisotopic (exact) mass is 346 g/mol. The molecule has 1 heterocycles. The first kappa shape index (κ1) is 18.6. The number of hydrogen-bond acceptors (Lipinski definition) is 7. The number of esters is 1. The molecule has 1 aromatic carbocycles. The number of Topliss-reactive ketones (excluding diaryl/α,β-unsaturated/α-hetero) is 1. The van der Waals surface area contributed by atoms with E-state index < -0.39 is 23.4 Å². The second-order valence-electron chi connectivity index (χ2n) is 5.92. The molecule has 1 saturated heterocycles. The van der Waals surface area contributed by atoms with Crippen LogP contribution in [-0.2, 0) is 19.1 Å². The summed E-state index contributed by atoms with van der Waals surface area (Å²) in [5.74, 6) is 3.41. The number of ether oxygens (including phenoxy) is 1. The van der Waals surface area contributed by atoms with E-state index in [9.17, 15) is 14.4 Å². The molecular formula is C17H22N4O4. The normalized spacial score (nSPS) is 19.9. The molecule has 0 radical (unpaired) electrons. The molecule has 1 aromatic rings. The number of hydrogen-bond donors (Lipinski definition) is 2. The van der Waals surface area contributed by atoms with Crippen LogP contribution in [-0.4, -0.2) is 42.1 Å². The number of rotatable bonds is 6. The third-order valence-corrected chi connectivity index (χ3v) is 4.38. The molecule has 1 amide bonds. The molecule has 0 spiro atoms. The maximum Gasteiger partial charge on any atom is 0.334 e. The second-order valence-corrected chi connectivity index (χ2v) is 5.92. The van der Waals surface area contributed by atoms with Gasteiger partial charge in [-0.2, -0.15) is 5.10 Å². The molecule has 0 bridgehead atoms. The highest BCUT2D eigenvalue weighted by atomic mass is 16.6. The zero-order chi connectivity index (χ0) is 18.6. The quantitative estimate of drug-likeness (QED) is 0.251. The van der Waals surface area contributed by atoms with Crippen molar-refractivity contribution in [1.82, 2.24) is 0 Å². The number of amides is 1. The number of ketones is 1. The lowest BCUT2D eigenvalue weighted by atomic mass is 9.93. The lowest BCUT2D eigenvalue weighted by molar-refractivity contribution is -0.161. The fourth-order valence-corrected chi connectivity index (χ4v) is 2.62. The predicted octanol–water partition coefficient (Wildman–Crippen LogP) is 0.324. The number of carbonyl (C=O) groups excluding carboxylic acids is 3. The van der Waals surface area contributed by atoms with Crippen LogP contribution in [0.5, 0.6) is 0 Å². The summed E-state index contributed by atoms with van der Waals surface area (Å²) in [6, 6.07) is 7.06. The fourth-order valence-electron chi connectivity index (χ4n) is 2.62. The Hall–Kier alpha value is -2.74. The van der Waals surface area contributed by atoms with Gasteiger partial charge in [-0.05, 0) is 31.0 Å². The summed E-state index contributed by atoms with van der Waals surface area (Å²) in [6.45, 7) is 3.27. The summed E-state index contributed by atoms with van der Waals surface area (Å²) in [4.78, 5) is 37.9. The van der Waals surface area contributed by atoms with Gasteiger partial charge < -0.3 is 21.2 Å². The number of nitrogens with two attached hydrogens (primary N) is 2. The molecule has 8 nitrogen and oxygen atoms in total. The number of nitrogens with zero attached hydrogens (tertiary/aromatic N) is 2. The van der Waals surface area contributed by atoms with Crippen LogP contribution in [0.4, 0.5) is 5.69 Å². The summed E-state index contributed by atoms with van der Waals surface area (Å²) in [6.07, 6.45) is 1.00. The summed E-state index contributed by atoms with van der Waals surface area (Å²) in [7, 11) is 0. The molecule has 1 fully saturated rings. The molecule has 2 unspecified atom stereocenters. The zero-order valence-electron chi connectivity index (χ0n) is 14.3. The Kier molecular flexibility index (Phi) is 5.53. The van der Waals surface area contributed by atoms with Gasteiger partial charge in [0.15, 0.2) is 17.4 Å². The van der Waals surface area contributed by atoms with E-state index in [2.05, 4.69) is 5.10 Å². The van der Waals surface area contributed by atoms with Gasteiger partial charge >= 0.3 is 5.97 Å². The first-order valence-corrected chi connectivity index (χ1v) is 7.99. The maximum absolute atomic E-state index is 12.5. The molecule has 0 saturated carbocycles. The molecule has 25 heavy (non-hydrogen) atoms. The molecule has 2 rings (SSSR count). The van der Waals surface area contributed by atoms with Crippen molar-refractivity contribution < 1.29 is 19.1 Å². The standard InChI is InChI=1S/C17H22N4O4/c1-3-17(18,11(2)22)16(24)25-14-8-9-21(15(14)23)13-6-4-12(5-7-13)10-20-19/h4-7,10,14H,3,8-9,18-19H2,1-2H3. The molecule has 8 heteroatoms. The summed E-state index contributed by atoms with van der Waals surface area (Å²) in [5.41, 5.74) is 5.60. The van der Waals surface area contributed by atoms with Crippen LogP contribution in [0.15, 0.2) is 29.4 Å². The highest BCUT2D eigenvalue weighted by molar-refractivity contribution is 6.08. The Morgan fingerprint density at radius 1 is 1.40 bits per heavy atom. The van der Waals surface area contributed by atoms with Crippen LogP contribution in [0, 0.1) is 0 Å². The van der Waals surface area contributed by atoms with Gasteiger partial charge in [-0.1, -0.05) is 19.1 Å². The largest absolute Gasteiger partial charge is 0.450 e. The first-order chi connectivity index (χ1) is 11.8. The molecule has 0 aliphatic carbocycles.